The SMILES string of the molecule is CC[PH](CCC(=O)O)(c1ccccc1)c1ccccc1. The second-order valence-corrected chi connectivity index (χ2v) is 9.59. The Labute approximate surface area is 120 Å². The third-order valence-electron chi connectivity index (χ3n) is 4.02. The molecule has 0 unspecified atom stereocenters. The fourth-order valence-corrected chi connectivity index (χ4v) is 7.26. The molecule has 20 heavy (non-hydrogen) atoms. The quantitative estimate of drug-likeness (QED) is 0.830. The van der Waals surface area contributed by atoms with Gasteiger partial charge in [0.2, 0.25) is 0 Å². The summed E-state index contributed by atoms with van der Waals surface area (Å²) in [6, 6.07) is 20.9. The Bertz CT molecular complexity index is 512. The summed E-state index contributed by atoms with van der Waals surface area (Å²) in [7, 11) is -1.97. The molecule has 2 nitrogen and oxygen atoms in total. The van der Waals surface area contributed by atoms with E-state index >= 15 is 0 Å². The summed E-state index contributed by atoms with van der Waals surface area (Å²) in [6.45, 7) is 2.19. The van der Waals surface area contributed by atoms with Crippen LogP contribution in [0.2, 0.25) is 0 Å². The van der Waals surface area contributed by atoms with Gasteiger partial charge in [-0.15, -0.1) is 0 Å². The molecule has 2 aromatic carbocycles. The molecule has 0 atom stereocenters. The van der Waals surface area contributed by atoms with Crippen LogP contribution in [0.25, 0.3) is 0 Å². The number of benzene rings is 2. The Balaban J connectivity index is 2.49. The number of hydrogen-bond donors (Lipinski definition) is 1. The van der Waals surface area contributed by atoms with E-state index in [4.69, 9.17) is 5.11 Å². The second-order valence-electron chi connectivity index (χ2n) is 5.06. The second kappa shape index (κ2) is 6.67. The van der Waals surface area contributed by atoms with Crippen molar-refractivity contribution in [2.75, 3.05) is 12.3 Å². The average molecular weight is 288 g/mol. The molecule has 0 aliphatic rings. The van der Waals surface area contributed by atoms with Crippen molar-refractivity contribution in [2.45, 2.75) is 13.3 Å². The van der Waals surface area contributed by atoms with Crippen molar-refractivity contribution in [1.82, 2.24) is 0 Å². The van der Waals surface area contributed by atoms with Crippen molar-refractivity contribution in [2.24, 2.45) is 0 Å². The monoisotopic (exact) mass is 288 g/mol. The summed E-state index contributed by atoms with van der Waals surface area (Å²) in [5.74, 6) is -0.706. The number of carboxylic acids is 1. The third-order valence-corrected chi connectivity index (χ3v) is 9.21. The zero-order chi connectivity index (χ0) is 14.4. The summed E-state index contributed by atoms with van der Waals surface area (Å²) < 4.78 is 0. The summed E-state index contributed by atoms with van der Waals surface area (Å²) in [4.78, 5) is 11.0. The van der Waals surface area contributed by atoms with Gasteiger partial charge in [-0.25, -0.2) is 0 Å². The average Bonchev–Trinajstić information content (AvgIpc) is 2.50. The maximum atomic E-state index is 11.0. The van der Waals surface area contributed by atoms with E-state index < -0.39 is 13.2 Å². The number of carbonyl (C=O) groups is 1. The maximum absolute atomic E-state index is 11.0. The minimum atomic E-state index is -1.97. The van der Waals surface area contributed by atoms with Crippen LogP contribution in [0.15, 0.2) is 60.7 Å². The van der Waals surface area contributed by atoms with Crippen LogP contribution in [0.3, 0.4) is 0 Å². The Morgan fingerprint density at radius 3 is 1.75 bits per heavy atom. The van der Waals surface area contributed by atoms with Crippen LogP contribution in [-0.4, -0.2) is 23.4 Å². The molecule has 2 aromatic rings. The Kier molecular flexibility index (Phi) is 4.92. The molecule has 0 aromatic heterocycles. The van der Waals surface area contributed by atoms with Gasteiger partial charge in [0.25, 0.3) is 0 Å². The molecular formula is C17H21O2P. The molecule has 1 N–H and O–H groups in total. The van der Waals surface area contributed by atoms with Crippen molar-refractivity contribution >= 4 is 23.8 Å². The molecule has 0 saturated carbocycles. The van der Waals surface area contributed by atoms with E-state index in [1.165, 1.54) is 10.6 Å². The van der Waals surface area contributed by atoms with Gasteiger partial charge in [-0.3, -0.25) is 0 Å². The fourth-order valence-electron chi connectivity index (χ4n) is 2.88. The molecule has 0 amide bonds. The minimum absolute atomic E-state index is 0.240. The predicted molar refractivity (Wildman–Crippen MR) is 88.1 cm³/mol. The molecule has 0 saturated heterocycles. The van der Waals surface area contributed by atoms with Crippen LogP contribution in [0.5, 0.6) is 0 Å². The van der Waals surface area contributed by atoms with E-state index in [2.05, 4.69) is 55.5 Å². The Morgan fingerprint density at radius 1 is 0.950 bits per heavy atom. The molecule has 2 rings (SSSR count). The van der Waals surface area contributed by atoms with Crippen LogP contribution < -0.4 is 10.6 Å². The van der Waals surface area contributed by atoms with Crippen LogP contribution in [0, 0.1) is 0 Å². The number of rotatable bonds is 6. The van der Waals surface area contributed by atoms with E-state index in [1.54, 1.807) is 0 Å². The van der Waals surface area contributed by atoms with Gasteiger partial charge in [0.1, 0.15) is 0 Å². The van der Waals surface area contributed by atoms with Crippen molar-refractivity contribution in [1.29, 1.82) is 0 Å². The normalized spacial score (nSPS) is 12.1. The number of carboxylic acid groups (broad SMARTS) is 1. The van der Waals surface area contributed by atoms with E-state index in [0.29, 0.717) is 0 Å². The number of aliphatic carboxylic acids is 1. The topological polar surface area (TPSA) is 37.3 Å². The molecule has 0 bridgehead atoms. The van der Waals surface area contributed by atoms with Crippen LogP contribution in [0.4, 0.5) is 0 Å². The van der Waals surface area contributed by atoms with Gasteiger partial charge >= 0.3 is 120 Å². The fraction of sp³-hybridized carbons (Fsp3) is 0.235. The first-order chi connectivity index (χ1) is 9.69. The van der Waals surface area contributed by atoms with E-state index in [-0.39, 0.29) is 6.42 Å². The first kappa shape index (κ1) is 14.7. The van der Waals surface area contributed by atoms with E-state index in [0.717, 1.165) is 12.3 Å². The van der Waals surface area contributed by atoms with Gasteiger partial charge < -0.3 is 0 Å². The molecule has 0 aliphatic heterocycles. The summed E-state index contributed by atoms with van der Waals surface area (Å²) in [5.41, 5.74) is 0. The molecule has 3 heteroatoms. The van der Waals surface area contributed by atoms with Crippen LogP contribution >= 0.6 is 7.26 Å². The van der Waals surface area contributed by atoms with Gasteiger partial charge in [-0.2, -0.15) is 0 Å². The summed E-state index contributed by atoms with van der Waals surface area (Å²) >= 11 is 0. The first-order valence-corrected chi connectivity index (χ1v) is 9.43. The zero-order valence-corrected chi connectivity index (χ0v) is 12.8. The Morgan fingerprint density at radius 2 is 1.40 bits per heavy atom. The molecule has 0 heterocycles. The van der Waals surface area contributed by atoms with Crippen molar-refractivity contribution in [3.8, 4) is 0 Å². The summed E-state index contributed by atoms with van der Waals surface area (Å²) in [6.07, 6.45) is 2.02. The zero-order valence-electron chi connectivity index (χ0n) is 11.8. The number of hydrogen-bond acceptors (Lipinski definition) is 1. The van der Waals surface area contributed by atoms with Gasteiger partial charge in [-0.05, 0) is 0 Å². The molecular weight excluding hydrogens is 267 g/mol. The van der Waals surface area contributed by atoms with E-state index in [9.17, 15) is 4.79 Å². The molecule has 0 aliphatic carbocycles. The van der Waals surface area contributed by atoms with Crippen LogP contribution in [0.1, 0.15) is 13.3 Å². The van der Waals surface area contributed by atoms with Crippen molar-refractivity contribution < 1.29 is 9.90 Å². The molecule has 106 valence electrons. The predicted octanol–water partition coefficient (Wildman–Crippen LogP) is 2.88. The standard InChI is InChI=1S/C17H21O2P/c1-2-20(14-13-17(18)19,15-9-5-3-6-10-15)16-11-7-4-8-12-16/h3-12,20H,2,13-14H2,1H3,(H,18,19). The van der Waals surface area contributed by atoms with Gasteiger partial charge in [0, 0.05) is 0 Å². The van der Waals surface area contributed by atoms with Crippen molar-refractivity contribution in [3.63, 3.8) is 0 Å². The van der Waals surface area contributed by atoms with Gasteiger partial charge in [-0.1, -0.05) is 0 Å². The van der Waals surface area contributed by atoms with Gasteiger partial charge in [0.15, 0.2) is 0 Å². The van der Waals surface area contributed by atoms with Crippen molar-refractivity contribution in [3.05, 3.63) is 60.7 Å². The third kappa shape index (κ3) is 3.08. The first-order valence-electron chi connectivity index (χ1n) is 7.02. The Hall–Kier alpha value is -1.66. The molecule has 0 spiro atoms. The summed E-state index contributed by atoms with van der Waals surface area (Å²) in [5, 5.41) is 11.7. The van der Waals surface area contributed by atoms with Crippen LogP contribution in [-0.2, 0) is 4.79 Å². The van der Waals surface area contributed by atoms with Gasteiger partial charge in [0.05, 0.1) is 0 Å². The molecule has 0 radical (unpaired) electrons. The molecule has 0 fully saturated rings. The van der Waals surface area contributed by atoms with E-state index in [1.807, 2.05) is 12.1 Å².